The highest BCUT2D eigenvalue weighted by Crippen LogP contribution is 2.31. The standard InChI is InChI=1S/C20H15ClF3N5O/c21-14-6-2-1-5-13(14)11-29-17(9-10-25-29)27-18(30)12-28-16-8-4-3-7-15(16)26-19(28)20(22,23)24/h1-10H,11-12H2,(H,27,30). The van der Waals surface area contributed by atoms with E-state index in [0.29, 0.717) is 17.4 Å². The van der Waals surface area contributed by atoms with Crippen LogP contribution in [0.2, 0.25) is 5.02 Å². The first kappa shape index (κ1) is 20.0. The van der Waals surface area contributed by atoms with E-state index in [4.69, 9.17) is 11.6 Å². The van der Waals surface area contributed by atoms with Crippen molar-refractivity contribution >= 4 is 34.4 Å². The number of para-hydroxylation sites is 2. The van der Waals surface area contributed by atoms with Crippen LogP contribution in [0.4, 0.5) is 19.0 Å². The Hall–Kier alpha value is -3.33. The van der Waals surface area contributed by atoms with Crippen LogP contribution in [0.25, 0.3) is 11.0 Å². The van der Waals surface area contributed by atoms with Gasteiger partial charge in [-0.2, -0.15) is 18.3 Å². The summed E-state index contributed by atoms with van der Waals surface area (Å²) in [6.07, 6.45) is -3.20. The summed E-state index contributed by atoms with van der Waals surface area (Å²) in [5.41, 5.74) is 1.18. The van der Waals surface area contributed by atoms with E-state index in [1.165, 1.54) is 23.0 Å². The minimum absolute atomic E-state index is 0.168. The van der Waals surface area contributed by atoms with Crippen LogP contribution in [0.1, 0.15) is 11.4 Å². The van der Waals surface area contributed by atoms with Crippen molar-refractivity contribution in [2.75, 3.05) is 5.32 Å². The number of imidazole rings is 1. The van der Waals surface area contributed by atoms with Gasteiger partial charge in [0, 0.05) is 11.1 Å². The Morgan fingerprint density at radius 1 is 1.07 bits per heavy atom. The van der Waals surface area contributed by atoms with Gasteiger partial charge in [0.25, 0.3) is 0 Å². The summed E-state index contributed by atoms with van der Waals surface area (Å²) in [7, 11) is 0. The first-order chi connectivity index (χ1) is 14.3. The minimum Gasteiger partial charge on any atom is -0.311 e. The van der Waals surface area contributed by atoms with Gasteiger partial charge in [-0.05, 0) is 23.8 Å². The molecular formula is C20H15ClF3N5O. The van der Waals surface area contributed by atoms with Crippen molar-refractivity contribution in [3.8, 4) is 0 Å². The number of fused-ring (bicyclic) bond motifs is 1. The third kappa shape index (κ3) is 4.02. The molecule has 0 aliphatic carbocycles. The van der Waals surface area contributed by atoms with Crippen LogP contribution in [0.15, 0.2) is 60.8 Å². The molecule has 1 N–H and O–H groups in total. The number of alkyl halides is 3. The Labute approximate surface area is 173 Å². The van der Waals surface area contributed by atoms with Gasteiger partial charge >= 0.3 is 6.18 Å². The highest BCUT2D eigenvalue weighted by molar-refractivity contribution is 6.31. The fourth-order valence-corrected chi connectivity index (χ4v) is 3.33. The van der Waals surface area contributed by atoms with Gasteiger partial charge in [0.15, 0.2) is 0 Å². The van der Waals surface area contributed by atoms with Crippen molar-refractivity contribution in [3.05, 3.63) is 77.2 Å². The van der Waals surface area contributed by atoms with Crippen molar-refractivity contribution in [2.24, 2.45) is 0 Å². The zero-order valence-corrected chi connectivity index (χ0v) is 16.2. The van der Waals surface area contributed by atoms with Crippen LogP contribution in [0, 0.1) is 0 Å². The predicted octanol–water partition coefficient (Wildman–Crippen LogP) is 4.59. The third-order valence-electron chi connectivity index (χ3n) is 4.47. The van der Waals surface area contributed by atoms with Crippen LogP contribution >= 0.6 is 11.6 Å². The van der Waals surface area contributed by atoms with Gasteiger partial charge in [0.2, 0.25) is 11.7 Å². The fourth-order valence-electron chi connectivity index (χ4n) is 3.13. The van der Waals surface area contributed by atoms with Crippen molar-refractivity contribution in [3.63, 3.8) is 0 Å². The van der Waals surface area contributed by atoms with Gasteiger partial charge in [-0.3, -0.25) is 4.79 Å². The van der Waals surface area contributed by atoms with E-state index in [9.17, 15) is 18.0 Å². The molecule has 6 nitrogen and oxygen atoms in total. The number of benzene rings is 2. The molecule has 0 saturated carbocycles. The maximum atomic E-state index is 13.4. The summed E-state index contributed by atoms with van der Waals surface area (Å²) in [6, 6.07) is 14.9. The average Bonchev–Trinajstić information content (AvgIpc) is 3.28. The van der Waals surface area contributed by atoms with E-state index in [2.05, 4.69) is 15.4 Å². The number of aromatic nitrogens is 4. The number of carbonyl (C=O) groups excluding carboxylic acids is 1. The third-order valence-corrected chi connectivity index (χ3v) is 4.84. The lowest BCUT2D eigenvalue weighted by Gasteiger charge is -2.13. The molecule has 0 atom stereocenters. The van der Waals surface area contributed by atoms with Crippen LogP contribution in [-0.2, 0) is 24.1 Å². The predicted molar refractivity (Wildman–Crippen MR) is 106 cm³/mol. The van der Waals surface area contributed by atoms with Crippen LogP contribution in [-0.4, -0.2) is 25.2 Å². The van der Waals surface area contributed by atoms with E-state index in [-0.39, 0.29) is 11.0 Å². The van der Waals surface area contributed by atoms with Crippen LogP contribution in [0.3, 0.4) is 0 Å². The fraction of sp³-hybridized carbons (Fsp3) is 0.150. The molecule has 0 saturated heterocycles. The molecule has 0 spiro atoms. The zero-order valence-electron chi connectivity index (χ0n) is 15.4. The molecular weight excluding hydrogens is 419 g/mol. The number of nitrogens with zero attached hydrogens (tertiary/aromatic N) is 4. The second-order valence-corrected chi connectivity index (χ2v) is 6.93. The van der Waals surface area contributed by atoms with E-state index in [1.54, 1.807) is 30.3 Å². The van der Waals surface area contributed by atoms with Gasteiger partial charge in [0.1, 0.15) is 12.4 Å². The molecule has 0 unspecified atom stereocenters. The van der Waals surface area contributed by atoms with Gasteiger partial charge in [-0.1, -0.05) is 41.9 Å². The van der Waals surface area contributed by atoms with Gasteiger partial charge in [-0.25, -0.2) is 9.67 Å². The summed E-state index contributed by atoms with van der Waals surface area (Å²) < 4.78 is 42.6. The molecule has 154 valence electrons. The molecule has 2 heterocycles. The maximum absolute atomic E-state index is 13.4. The van der Waals surface area contributed by atoms with Gasteiger partial charge in [0.05, 0.1) is 23.8 Å². The van der Waals surface area contributed by atoms with E-state index in [0.717, 1.165) is 10.1 Å². The number of hydrogen-bond donors (Lipinski definition) is 1. The second kappa shape index (κ2) is 7.83. The Morgan fingerprint density at radius 3 is 2.57 bits per heavy atom. The summed E-state index contributed by atoms with van der Waals surface area (Å²) in [4.78, 5) is 16.2. The molecule has 0 aliphatic heterocycles. The maximum Gasteiger partial charge on any atom is 0.449 e. The summed E-state index contributed by atoms with van der Waals surface area (Å²) in [5.74, 6) is -1.41. The first-order valence-corrected chi connectivity index (χ1v) is 9.28. The minimum atomic E-state index is -4.69. The molecule has 10 heteroatoms. The highest BCUT2D eigenvalue weighted by Gasteiger charge is 2.38. The van der Waals surface area contributed by atoms with Crippen molar-refractivity contribution < 1.29 is 18.0 Å². The molecule has 0 fully saturated rings. The number of anilines is 1. The van der Waals surface area contributed by atoms with Crippen molar-refractivity contribution in [2.45, 2.75) is 19.3 Å². The normalized spacial score (nSPS) is 11.7. The lowest BCUT2D eigenvalue weighted by molar-refractivity contribution is -0.147. The Kier molecular flexibility index (Phi) is 5.21. The number of hydrogen-bond acceptors (Lipinski definition) is 3. The zero-order chi connectivity index (χ0) is 21.3. The molecule has 4 rings (SSSR count). The van der Waals surface area contributed by atoms with Crippen LogP contribution in [0.5, 0.6) is 0 Å². The van der Waals surface area contributed by atoms with Crippen molar-refractivity contribution in [1.82, 2.24) is 19.3 Å². The monoisotopic (exact) mass is 433 g/mol. The Balaban J connectivity index is 1.57. The topological polar surface area (TPSA) is 64.7 Å². The lowest BCUT2D eigenvalue weighted by Crippen LogP contribution is -2.24. The Bertz CT molecular complexity index is 1210. The number of carbonyl (C=O) groups is 1. The van der Waals surface area contributed by atoms with Gasteiger partial charge in [-0.15, -0.1) is 0 Å². The van der Waals surface area contributed by atoms with E-state index >= 15 is 0 Å². The quantitative estimate of drug-likeness (QED) is 0.500. The van der Waals surface area contributed by atoms with E-state index in [1.807, 2.05) is 12.1 Å². The van der Waals surface area contributed by atoms with Crippen molar-refractivity contribution in [1.29, 1.82) is 0 Å². The molecule has 4 aromatic rings. The molecule has 2 aromatic carbocycles. The highest BCUT2D eigenvalue weighted by atomic mass is 35.5. The largest absolute Gasteiger partial charge is 0.449 e. The second-order valence-electron chi connectivity index (χ2n) is 6.52. The van der Waals surface area contributed by atoms with E-state index < -0.39 is 24.5 Å². The summed E-state index contributed by atoms with van der Waals surface area (Å²) in [5, 5.41) is 7.31. The van der Waals surface area contributed by atoms with Crippen LogP contribution < -0.4 is 5.32 Å². The van der Waals surface area contributed by atoms with Gasteiger partial charge < -0.3 is 9.88 Å². The lowest BCUT2D eigenvalue weighted by atomic mass is 10.2. The molecule has 0 bridgehead atoms. The first-order valence-electron chi connectivity index (χ1n) is 8.90. The molecule has 0 radical (unpaired) electrons. The molecule has 1 amide bonds. The summed E-state index contributed by atoms with van der Waals surface area (Å²) >= 11 is 6.16. The Morgan fingerprint density at radius 2 is 1.80 bits per heavy atom. The number of halogens is 4. The number of nitrogens with one attached hydrogen (secondary N) is 1. The molecule has 30 heavy (non-hydrogen) atoms. The number of rotatable bonds is 5. The molecule has 0 aliphatic rings. The number of amides is 1. The molecule has 2 aromatic heterocycles. The SMILES string of the molecule is O=C(Cn1c(C(F)(F)F)nc2ccccc21)Nc1ccnn1Cc1ccccc1Cl. The smallest absolute Gasteiger partial charge is 0.311 e. The average molecular weight is 434 g/mol. The summed E-state index contributed by atoms with van der Waals surface area (Å²) in [6.45, 7) is -0.253.